The summed E-state index contributed by atoms with van der Waals surface area (Å²) in [6.07, 6.45) is 33.2. The molecule has 2 N–H and O–H groups in total. The Kier molecular flexibility index (Phi) is 32.8. The molecule has 0 bridgehead atoms. The average Bonchev–Trinajstić information content (AvgIpc) is 2.80. The minimum absolute atomic E-state index is 0. The molecule has 0 aliphatic rings. The smallest absolute Gasteiger partial charge is 0.110 e. The highest BCUT2D eigenvalue weighted by atomic mass is 79.9. The molecule has 0 spiro atoms. The van der Waals surface area contributed by atoms with Crippen molar-refractivity contribution in [2.75, 3.05) is 13.2 Å². The van der Waals surface area contributed by atoms with Crippen LogP contribution in [0.15, 0.2) is 0 Å². The fourth-order valence-corrected chi connectivity index (χ4v) is 4.60. The van der Waals surface area contributed by atoms with Crippen molar-refractivity contribution in [3.63, 3.8) is 0 Å². The van der Waals surface area contributed by atoms with E-state index in [-0.39, 0.29) is 17.0 Å². The van der Waals surface area contributed by atoms with Gasteiger partial charge in [-0.1, -0.05) is 168 Å². The molecule has 3 nitrogen and oxygen atoms in total. The lowest BCUT2D eigenvalue weighted by Crippen LogP contribution is -3.00. The Morgan fingerprint density at radius 1 is 0.429 bits per heavy atom. The van der Waals surface area contributed by atoms with Gasteiger partial charge in [0.25, 0.3) is 0 Å². The maximum absolute atomic E-state index is 5.51. The van der Waals surface area contributed by atoms with E-state index in [1.54, 1.807) is 5.64 Å². The standard InChI is InChI=1S/C31H66NO2.BrH/c1-5-6-7-8-9-10-11-14-17-20-23-26-29-33-32-34-30-27-24-21-18-15-12-13-16-19-22-25-28-31(2,3)4;/h5-30,32H2,1-4H3;1H/q+1;/p-1. The van der Waals surface area contributed by atoms with Crippen LogP contribution in [0.2, 0.25) is 0 Å². The molecular formula is C31H66BrNO2. The van der Waals surface area contributed by atoms with Crippen LogP contribution in [0.3, 0.4) is 0 Å². The summed E-state index contributed by atoms with van der Waals surface area (Å²) in [5, 5.41) is 0. The summed E-state index contributed by atoms with van der Waals surface area (Å²) in [6, 6.07) is 0. The fourth-order valence-electron chi connectivity index (χ4n) is 4.60. The first-order valence-electron chi connectivity index (χ1n) is 15.6. The normalized spacial score (nSPS) is 11.7. The number of hydrogen-bond acceptors (Lipinski definition) is 2. The van der Waals surface area contributed by atoms with Gasteiger partial charge >= 0.3 is 0 Å². The van der Waals surface area contributed by atoms with Crippen molar-refractivity contribution in [2.45, 2.75) is 182 Å². The van der Waals surface area contributed by atoms with Crippen LogP contribution in [0.25, 0.3) is 0 Å². The fraction of sp³-hybridized carbons (Fsp3) is 1.00. The van der Waals surface area contributed by atoms with E-state index in [1.807, 2.05) is 0 Å². The van der Waals surface area contributed by atoms with Crippen molar-refractivity contribution in [2.24, 2.45) is 5.41 Å². The van der Waals surface area contributed by atoms with Crippen molar-refractivity contribution in [1.82, 2.24) is 0 Å². The third-order valence-electron chi connectivity index (χ3n) is 6.94. The van der Waals surface area contributed by atoms with Crippen LogP contribution in [-0.4, -0.2) is 13.2 Å². The Morgan fingerprint density at radius 2 is 0.714 bits per heavy atom. The predicted molar refractivity (Wildman–Crippen MR) is 150 cm³/mol. The van der Waals surface area contributed by atoms with E-state index in [0.717, 1.165) is 26.1 Å². The minimum atomic E-state index is 0. The van der Waals surface area contributed by atoms with Crippen molar-refractivity contribution in [3.8, 4) is 0 Å². The zero-order valence-corrected chi connectivity index (χ0v) is 26.2. The summed E-state index contributed by atoms with van der Waals surface area (Å²) in [7, 11) is 0. The van der Waals surface area contributed by atoms with Crippen molar-refractivity contribution < 1.29 is 32.3 Å². The van der Waals surface area contributed by atoms with Crippen molar-refractivity contribution in [1.29, 1.82) is 0 Å². The second-order valence-electron chi connectivity index (χ2n) is 11.9. The van der Waals surface area contributed by atoms with Crippen LogP contribution in [0.5, 0.6) is 0 Å². The topological polar surface area (TPSA) is 35.1 Å². The van der Waals surface area contributed by atoms with Gasteiger partial charge in [0.1, 0.15) is 13.2 Å². The zero-order chi connectivity index (χ0) is 25.0. The molecule has 0 heterocycles. The maximum atomic E-state index is 5.51. The largest absolute Gasteiger partial charge is 1.00 e. The van der Waals surface area contributed by atoms with E-state index in [2.05, 4.69) is 27.7 Å². The van der Waals surface area contributed by atoms with E-state index in [4.69, 9.17) is 9.68 Å². The van der Waals surface area contributed by atoms with Crippen LogP contribution in [0.4, 0.5) is 0 Å². The molecule has 35 heavy (non-hydrogen) atoms. The lowest BCUT2D eigenvalue weighted by atomic mass is 9.89. The Hall–Kier alpha value is 0.360. The molecule has 0 saturated heterocycles. The first kappa shape index (κ1) is 37.5. The summed E-state index contributed by atoms with van der Waals surface area (Å²) >= 11 is 0. The third-order valence-corrected chi connectivity index (χ3v) is 6.94. The molecule has 0 aliphatic carbocycles. The monoisotopic (exact) mass is 563 g/mol. The van der Waals surface area contributed by atoms with Crippen LogP contribution in [-0.2, 0) is 9.68 Å². The van der Waals surface area contributed by atoms with E-state index in [1.165, 1.54) is 141 Å². The molecule has 0 rings (SSSR count). The Balaban J connectivity index is 0. The van der Waals surface area contributed by atoms with Crippen LogP contribution in [0.1, 0.15) is 182 Å². The summed E-state index contributed by atoms with van der Waals surface area (Å²) < 4.78 is 0. The minimum Gasteiger partial charge on any atom is -1.00 e. The number of rotatable bonds is 28. The van der Waals surface area contributed by atoms with Gasteiger partial charge in [-0.3, -0.25) is 0 Å². The van der Waals surface area contributed by atoms with E-state index >= 15 is 0 Å². The summed E-state index contributed by atoms with van der Waals surface area (Å²) in [6.45, 7) is 11.0. The zero-order valence-electron chi connectivity index (χ0n) is 24.7. The summed E-state index contributed by atoms with van der Waals surface area (Å²) in [4.78, 5) is 11.0. The van der Waals surface area contributed by atoms with Crippen LogP contribution < -0.4 is 22.6 Å². The van der Waals surface area contributed by atoms with Gasteiger partial charge in [-0.15, -0.1) is 0 Å². The lowest BCUT2D eigenvalue weighted by Gasteiger charge is -2.17. The molecule has 4 heteroatoms. The van der Waals surface area contributed by atoms with Crippen molar-refractivity contribution in [3.05, 3.63) is 0 Å². The average molecular weight is 565 g/mol. The first-order chi connectivity index (χ1) is 16.6. The molecule has 0 unspecified atom stereocenters. The molecule has 214 valence electrons. The molecule has 0 atom stereocenters. The molecule has 0 aromatic rings. The highest BCUT2D eigenvalue weighted by molar-refractivity contribution is 4.61. The van der Waals surface area contributed by atoms with Gasteiger partial charge in [-0.25, -0.2) is 0 Å². The van der Waals surface area contributed by atoms with Gasteiger partial charge in [0, 0.05) is 0 Å². The Bertz CT molecular complexity index is 373. The van der Waals surface area contributed by atoms with Gasteiger partial charge in [-0.05, 0) is 24.7 Å². The molecular weight excluding hydrogens is 498 g/mol. The second kappa shape index (κ2) is 30.6. The summed E-state index contributed by atoms with van der Waals surface area (Å²) in [5.74, 6) is 0. The SMILES string of the molecule is CCCCCCCCCCCCCCO[NH2+]OCCCCCCCCCCCCCC(C)(C)C.[Br-]. The molecule has 0 radical (unpaired) electrons. The van der Waals surface area contributed by atoms with Crippen LogP contribution >= 0.6 is 0 Å². The quantitative estimate of drug-likeness (QED) is 0.0834. The second-order valence-corrected chi connectivity index (χ2v) is 11.9. The number of halogens is 1. The van der Waals surface area contributed by atoms with E-state index in [9.17, 15) is 0 Å². The number of hydrogen-bond donors (Lipinski definition) is 1. The molecule has 0 aromatic heterocycles. The van der Waals surface area contributed by atoms with Gasteiger partial charge in [0.15, 0.2) is 0 Å². The number of unbranched alkanes of at least 4 members (excludes halogenated alkanes) is 21. The molecule has 0 fully saturated rings. The lowest BCUT2D eigenvalue weighted by molar-refractivity contribution is -1.07. The van der Waals surface area contributed by atoms with Gasteiger partial charge in [-0.2, -0.15) is 9.68 Å². The van der Waals surface area contributed by atoms with Gasteiger partial charge in [0.2, 0.25) is 0 Å². The van der Waals surface area contributed by atoms with E-state index < -0.39 is 0 Å². The molecule has 0 aliphatic heterocycles. The van der Waals surface area contributed by atoms with E-state index in [0.29, 0.717) is 5.41 Å². The Morgan fingerprint density at radius 3 is 1.03 bits per heavy atom. The van der Waals surface area contributed by atoms with Gasteiger partial charge in [0.05, 0.1) is 0 Å². The van der Waals surface area contributed by atoms with Crippen LogP contribution in [0, 0.1) is 5.41 Å². The van der Waals surface area contributed by atoms with Gasteiger partial charge < -0.3 is 17.0 Å². The third kappa shape index (κ3) is 36.6. The number of nitrogens with two attached hydrogens (primary N) is 1. The van der Waals surface area contributed by atoms with Crippen molar-refractivity contribution >= 4 is 0 Å². The number of quaternary nitrogens is 1. The molecule has 0 aromatic carbocycles. The molecule has 0 amide bonds. The first-order valence-corrected chi connectivity index (χ1v) is 15.6. The maximum Gasteiger partial charge on any atom is 0.110 e. The Labute approximate surface area is 232 Å². The highest BCUT2D eigenvalue weighted by Gasteiger charge is 2.08. The summed E-state index contributed by atoms with van der Waals surface area (Å²) in [5.41, 5.74) is 2.10. The highest BCUT2D eigenvalue weighted by Crippen LogP contribution is 2.22. The predicted octanol–water partition coefficient (Wildman–Crippen LogP) is 6.85. The molecule has 0 saturated carbocycles.